The van der Waals surface area contributed by atoms with Gasteiger partial charge in [-0.25, -0.2) is 0 Å². The van der Waals surface area contributed by atoms with Crippen molar-refractivity contribution in [2.75, 3.05) is 12.4 Å². The number of thioether (sulfide) groups is 1. The predicted molar refractivity (Wildman–Crippen MR) is 64.5 cm³/mol. The Kier molecular flexibility index (Phi) is 5.24. The minimum Gasteiger partial charge on any atom is -0.394 e. The molecule has 1 aromatic rings. The molecule has 16 heavy (non-hydrogen) atoms. The summed E-state index contributed by atoms with van der Waals surface area (Å²) in [4.78, 5) is 4.02. The van der Waals surface area contributed by atoms with Crippen LogP contribution in [0, 0.1) is 5.41 Å². The molecule has 1 unspecified atom stereocenters. The van der Waals surface area contributed by atoms with Crippen molar-refractivity contribution in [1.82, 2.24) is 4.98 Å². The Balaban J connectivity index is 2.56. The van der Waals surface area contributed by atoms with Crippen LogP contribution in [0.5, 0.6) is 0 Å². The van der Waals surface area contributed by atoms with Gasteiger partial charge in [0.05, 0.1) is 12.7 Å². The average molecular weight is 241 g/mol. The number of hydrogen-bond donors (Lipinski definition) is 4. The van der Waals surface area contributed by atoms with Crippen LogP contribution in [-0.2, 0) is 5.75 Å². The first-order valence-electron chi connectivity index (χ1n) is 4.80. The highest BCUT2D eigenvalue weighted by molar-refractivity contribution is 7.98. The van der Waals surface area contributed by atoms with E-state index in [1.54, 1.807) is 12.3 Å². The highest BCUT2D eigenvalue weighted by Crippen LogP contribution is 2.15. The third kappa shape index (κ3) is 3.80. The lowest BCUT2D eigenvalue weighted by atomic mass is 10.2. The second-order valence-corrected chi connectivity index (χ2v) is 4.31. The maximum atomic E-state index is 9.16. The van der Waals surface area contributed by atoms with Gasteiger partial charge in [0, 0.05) is 17.7 Å². The minimum absolute atomic E-state index is 0.0566. The average Bonchev–Trinajstić information content (AvgIpc) is 2.29. The fourth-order valence-electron chi connectivity index (χ4n) is 1.16. The minimum atomic E-state index is -0.706. The number of nitrogens with zero attached hydrogens (tertiary/aromatic N) is 1. The quantitative estimate of drug-likeness (QED) is 0.413. The monoisotopic (exact) mass is 241 g/mol. The van der Waals surface area contributed by atoms with Crippen LogP contribution in [-0.4, -0.2) is 39.5 Å². The molecule has 0 spiro atoms. The molecule has 0 saturated heterocycles. The van der Waals surface area contributed by atoms with Crippen molar-refractivity contribution in [2.24, 2.45) is 5.73 Å². The normalized spacial score (nSPS) is 12.4. The molecule has 6 heteroatoms. The summed E-state index contributed by atoms with van der Waals surface area (Å²) >= 11 is 1.47. The number of pyridine rings is 1. The van der Waals surface area contributed by atoms with Crippen molar-refractivity contribution in [2.45, 2.75) is 11.9 Å². The van der Waals surface area contributed by atoms with Crippen molar-refractivity contribution >= 4 is 17.6 Å². The molecular weight excluding hydrogens is 226 g/mol. The van der Waals surface area contributed by atoms with Crippen LogP contribution in [0.4, 0.5) is 0 Å². The molecule has 0 fully saturated rings. The summed E-state index contributed by atoms with van der Waals surface area (Å²) in [6, 6.07) is 3.63. The highest BCUT2D eigenvalue weighted by Gasteiger charge is 2.07. The van der Waals surface area contributed by atoms with E-state index in [2.05, 4.69) is 4.98 Å². The Bertz CT molecular complexity index is 360. The van der Waals surface area contributed by atoms with E-state index in [0.717, 1.165) is 5.56 Å². The Morgan fingerprint density at radius 3 is 3.00 bits per heavy atom. The molecule has 1 atom stereocenters. The van der Waals surface area contributed by atoms with Gasteiger partial charge >= 0.3 is 0 Å². The molecule has 0 amide bonds. The number of hydrogen-bond acceptors (Lipinski definition) is 5. The Hall–Kier alpha value is -1.11. The molecule has 0 aliphatic rings. The summed E-state index contributed by atoms with van der Waals surface area (Å²) in [6.45, 7) is -0.237. The Morgan fingerprint density at radius 2 is 2.38 bits per heavy atom. The zero-order chi connectivity index (χ0) is 12.0. The van der Waals surface area contributed by atoms with Crippen LogP contribution in [0.2, 0.25) is 0 Å². The van der Waals surface area contributed by atoms with Crippen molar-refractivity contribution in [3.63, 3.8) is 0 Å². The maximum Gasteiger partial charge on any atom is 0.142 e. The van der Waals surface area contributed by atoms with Crippen molar-refractivity contribution in [3.8, 4) is 0 Å². The third-order valence-electron chi connectivity index (χ3n) is 1.92. The molecule has 5 N–H and O–H groups in total. The van der Waals surface area contributed by atoms with Crippen LogP contribution in [0.25, 0.3) is 0 Å². The fourth-order valence-corrected chi connectivity index (χ4v) is 2.10. The molecule has 0 radical (unpaired) electrons. The second-order valence-electron chi connectivity index (χ2n) is 3.28. The number of nitrogen functional groups attached to an aromatic ring is 1. The standard InChI is InChI=1S/C10H15N3O2S/c11-10(12)9-7(2-1-3-13-9)5-16-6-8(15)4-14/h1-3,8,14-15H,4-6H2,(H3,11,12). The molecule has 0 aliphatic carbocycles. The molecule has 1 rings (SSSR count). The Labute approximate surface area is 98.2 Å². The molecular formula is C10H15N3O2S. The van der Waals surface area contributed by atoms with Crippen molar-refractivity contribution in [1.29, 1.82) is 5.41 Å². The van der Waals surface area contributed by atoms with Gasteiger partial charge in [0.1, 0.15) is 11.5 Å². The molecule has 0 bridgehead atoms. The summed E-state index contributed by atoms with van der Waals surface area (Å²) in [6.07, 6.45) is 0.885. The van der Waals surface area contributed by atoms with Gasteiger partial charge in [-0.05, 0) is 11.6 Å². The number of aliphatic hydroxyl groups excluding tert-OH is 2. The summed E-state index contributed by atoms with van der Waals surface area (Å²) in [5.41, 5.74) is 6.74. The van der Waals surface area contributed by atoms with E-state index < -0.39 is 6.10 Å². The first kappa shape index (κ1) is 13.0. The second kappa shape index (κ2) is 6.47. The number of rotatable bonds is 6. The number of aliphatic hydroxyl groups is 2. The summed E-state index contributed by atoms with van der Waals surface area (Å²) in [7, 11) is 0. The van der Waals surface area contributed by atoms with Crippen LogP contribution in [0.1, 0.15) is 11.3 Å². The summed E-state index contributed by atoms with van der Waals surface area (Å²) < 4.78 is 0. The van der Waals surface area contributed by atoms with Crippen LogP contribution < -0.4 is 5.73 Å². The van der Waals surface area contributed by atoms with Gasteiger partial charge in [0.15, 0.2) is 0 Å². The third-order valence-corrected chi connectivity index (χ3v) is 3.06. The van der Waals surface area contributed by atoms with Gasteiger partial charge in [0.2, 0.25) is 0 Å². The fraction of sp³-hybridized carbons (Fsp3) is 0.400. The lowest BCUT2D eigenvalue weighted by Crippen LogP contribution is -2.17. The maximum absolute atomic E-state index is 9.16. The van der Waals surface area contributed by atoms with Gasteiger partial charge in [-0.3, -0.25) is 10.4 Å². The lowest BCUT2D eigenvalue weighted by molar-refractivity contribution is 0.113. The molecule has 0 aliphatic heterocycles. The van der Waals surface area contributed by atoms with E-state index in [1.165, 1.54) is 11.8 Å². The topological polar surface area (TPSA) is 103 Å². The van der Waals surface area contributed by atoms with Crippen LogP contribution in [0.3, 0.4) is 0 Å². The smallest absolute Gasteiger partial charge is 0.142 e. The van der Waals surface area contributed by atoms with Gasteiger partial charge in [0.25, 0.3) is 0 Å². The summed E-state index contributed by atoms with van der Waals surface area (Å²) in [5, 5.41) is 25.2. The van der Waals surface area contributed by atoms with Gasteiger partial charge < -0.3 is 15.9 Å². The molecule has 0 aromatic carbocycles. The number of nitrogens with one attached hydrogen (secondary N) is 1. The number of amidine groups is 1. The number of nitrogens with two attached hydrogens (primary N) is 1. The highest BCUT2D eigenvalue weighted by atomic mass is 32.2. The molecule has 1 aromatic heterocycles. The lowest BCUT2D eigenvalue weighted by Gasteiger charge is -2.08. The van der Waals surface area contributed by atoms with E-state index in [0.29, 0.717) is 17.2 Å². The number of aromatic nitrogens is 1. The molecule has 0 saturated carbocycles. The molecule has 1 heterocycles. The zero-order valence-electron chi connectivity index (χ0n) is 8.76. The largest absolute Gasteiger partial charge is 0.394 e. The van der Waals surface area contributed by atoms with E-state index >= 15 is 0 Å². The summed E-state index contributed by atoms with van der Waals surface area (Å²) in [5.74, 6) is 1.00. The van der Waals surface area contributed by atoms with E-state index in [9.17, 15) is 0 Å². The molecule has 5 nitrogen and oxygen atoms in total. The van der Waals surface area contributed by atoms with Crippen molar-refractivity contribution in [3.05, 3.63) is 29.6 Å². The van der Waals surface area contributed by atoms with Crippen LogP contribution in [0.15, 0.2) is 18.3 Å². The van der Waals surface area contributed by atoms with Crippen LogP contribution >= 0.6 is 11.8 Å². The van der Waals surface area contributed by atoms with Crippen molar-refractivity contribution < 1.29 is 10.2 Å². The zero-order valence-corrected chi connectivity index (χ0v) is 9.57. The van der Waals surface area contributed by atoms with E-state index in [1.807, 2.05) is 6.07 Å². The van der Waals surface area contributed by atoms with Gasteiger partial charge in [-0.2, -0.15) is 11.8 Å². The molecule has 88 valence electrons. The predicted octanol–water partition coefficient (Wildman–Crippen LogP) is -0.0479. The van der Waals surface area contributed by atoms with Gasteiger partial charge in [-0.15, -0.1) is 0 Å². The first-order chi connectivity index (χ1) is 7.65. The van der Waals surface area contributed by atoms with E-state index in [-0.39, 0.29) is 12.4 Å². The van der Waals surface area contributed by atoms with E-state index in [4.69, 9.17) is 21.4 Å². The first-order valence-corrected chi connectivity index (χ1v) is 5.95. The Morgan fingerprint density at radius 1 is 1.62 bits per heavy atom. The van der Waals surface area contributed by atoms with Gasteiger partial charge in [-0.1, -0.05) is 6.07 Å². The SMILES string of the molecule is N=C(N)c1ncccc1CSCC(O)CO.